The van der Waals surface area contributed by atoms with E-state index in [-0.39, 0.29) is 23.7 Å². The van der Waals surface area contributed by atoms with Crippen molar-refractivity contribution in [2.75, 3.05) is 10.5 Å². The average molecular weight is 297 g/mol. The second-order valence-corrected chi connectivity index (χ2v) is 5.78. The van der Waals surface area contributed by atoms with Gasteiger partial charge in [0.25, 0.3) is 5.69 Å². The first kappa shape index (κ1) is 14.0. The van der Waals surface area contributed by atoms with Gasteiger partial charge in [-0.05, 0) is 6.42 Å². The van der Waals surface area contributed by atoms with Crippen molar-refractivity contribution >= 4 is 21.5 Å². The Kier molecular flexibility index (Phi) is 3.99. The van der Waals surface area contributed by atoms with E-state index in [1.807, 2.05) is 0 Å². The van der Waals surface area contributed by atoms with Crippen LogP contribution in [0.2, 0.25) is 0 Å². The van der Waals surface area contributed by atoms with Crippen molar-refractivity contribution in [2.24, 2.45) is 0 Å². The SMILES string of the molecule is O=[N+]([O-])c1ccccc1CCS(=O)(=O)Nc1ccon1. The van der Waals surface area contributed by atoms with E-state index in [1.165, 1.54) is 30.5 Å². The van der Waals surface area contributed by atoms with Crippen molar-refractivity contribution in [3.63, 3.8) is 0 Å². The van der Waals surface area contributed by atoms with Gasteiger partial charge in [0.1, 0.15) is 6.26 Å². The van der Waals surface area contributed by atoms with E-state index < -0.39 is 14.9 Å². The molecule has 0 spiro atoms. The Labute approximate surface area is 114 Å². The second-order valence-electron chi connectivity index (χ2n) is 3.94. The van der Waals surface area contributed by atoms with Gasteiger partial charge < -0.3 is 4.52 Å². The molecule has 106 valence electrons. The standard InChI is InChI=1S/C11H11N3O5S/c15-14(16)10-4-2-1-3-9(10)6-8-20(17,18)13-11-5-7-19-12-11/h1-5,7H,6,8H2,(H,12,13). The van der Waals surface area contributed by atoms with Gasteiger partial charge in [-0.15, -0.1) is 0 Å². The van der Waals surface area contributed by atoms with Crippen LogP contribution in [0.3, 0.4) is 0 Å². The van der Waals surface area contributed by atoms with Crippen LogP contribution in [0.15, 0.2) is 41.1 Å². The van der Waals surface area contributed by atoms with E-state index in [2.05, 4.69) is 14.4 Å². The molecule has 1 heterocycles. The lowest BCUT2D eigenvalue weighted by molar-refractivity contribution is -0.385. The number of aryl methyl sites for hydroxylation is 1. The summed E-state index contributed by atoms with van der Waals surface area (Å²) < 4.78 is 30.3. The number of para-hydroxylation sites is 1. The molecule has 2 aromatic rings. The van der Waals surface area contributed by atoms with Gasteiger partial charge >= 0.3 is 0 Å². The molecule has 0 aliphatic carbocycles. The molecule has 1 N–H and O–H groups in total. The number of hydrogen-bond acceptors (Lipinski definition) is 6. The molecule has 1 aromatic carbocycles. The summed E-state index contributed by atoms with van der Waals surface area (Å²) in [6.07, 6.45) is 1.27. The molecule has 0 bridgehead atoms. The van der Waals surface area contributed by atoms with Crippen LogP contribution in [0.1, 0.15) is 5.56 Å². The number of nitrogens with zero attached hydrogens (tertiary/aromatic N) is 2. The van der Waals surface area contributed by atoms with E-state index in [0.29, 0.717) is 5.56 Å². The minimum absolute atomic E-state index is 0.0321. The molecule has 0 saturated heterocycles. The Balaban J connectivity index is 2.07. The molecule has 0 saturated carbocycles. The first-order valence-electron chi connectivity index (χ1n) is 5.61. The highest BCUT2D eigenvalue weighted by molar-refractivity contribution is 7.92. The van der Waals surface area contributed by atoms with Gasteiger partial charge in [0.2, 0.25) is 10.0 Å². The monoisotopic (exact) mass is 297 g/mol. The molecule has 1 aromatic heterocycles. The number of sulfonamides is 1. The molecule has 20 heavy (non-hydrogen) atoms. The highest BCUT2D eigenvalue weighted by Gasteiger charge is 2.17. The number of nitro benzene ring substituents is 1. The van der Waals surface area contributed by atoms with Crippen molar-refractivity contribution < 1.29 is 17.9 Å². The summed E-state index contributed by atoms with van der Waals surface area (Å²) in [6, 6.07) is 7.39. The number of hydrogen-bond donors (Lipinski definition) is 1. The quantitative estimate of drug-likeness (QED) is 0.639. The van der Waals surface area contributed by atoms with Crippen LogP contribution in [-0.4, -0.2) is 24.3 Å². The molecule has 0 atom stereocenters. The maximum atomic E-state index is 11.8. The van der Waals surface area contributed by atoms with Crippen molar-refractivity contribution in [3.05, 3.63) is 52.3 Å². The minimum atomic E-state index is -3.64. The summed E-state index contributed by atoms with van der Waals surface area (Å²) in [5.41, 5.74) is 0.271. The summed E-state index contributed by atoms with van der Waals surface area (Å²) in [5, 5.41) is 14.2. The third kappa shape index (κ3) is 3.54. The van der Waals surface area contributed by atoms with Crippen LogP contribution in [0.25, 0.3) is 0 Å². The Morgan fingerprint density at radius 2 is 2.05 bits per heavy atom. The Hall–Kier alpha value is -2.42. The molecule has 0 fully saturated rings. The van der Waals surface area contributed by atoms with Crippen molar-refractivity contribution in [2.45, 2.75) is 6.42 Å². The molecule has 8 nitrogen and oxygen atoms in total. The number of aromatic nitrogens is 1. The zero-order valence-corrected chi connectivity index (χ0v) is 11.0. The summed E-state index contributed by atoms with van der Waals surface area (Å²) in [7, 11) is -3.64. The topological polar surface area (TPSA) is 115 Å². The van der Waals surface area contributed by atoms with Crippen molar-refractivity contribution in [3.8, 4) is 0 Å². The van der Waals surface area contributed by atoms with Crippen LogP contribution < -0.4 is 4.72 Å². The van der Waals surface area contributed by atoms with Crippen LogP contribution in [0.5, 0.6) is 0 Å². The normalized spacial score (nSPS) is 11.2. The summed E-state index contributed by atoms with van der Waals surface area (Å²) in [4.78, 5) is 10.3. The molecule has 0 radical (unpaired) electrons. The summed E-state index contributed by atoms with van der Waals surface area (Å²) in [6.45, 7) is 0. The number of rotatable bonds is 6. The molecule has 9 heteroatoms. The smallest absolute Gasteiger partial charge is 0.272 e. The van der Waals surface area contributed by atoms with Gasteiger partial charge in [0.15, 0.2) is 5.82 Å². The first-order valence-corrected chi connectivity index (χ1v) is 7.26. The van der Waals surface area contributed by atoms with Crippen LogP contribution in [0.4, 0.5) is 11.5 Å². The highest BCUT2D eigenvalue weighted by atomic mass is 32.2. The van der Waals surface area contributed by atoms with Gasteiger partial charge in [-0.1, -0.05) is 23.4 Å². The Bertz CT molecular complexity index is 697. The number of benzene rings is 1. The molecule has 0 amide bonds. The van der Waals surface area contributed by atoms with Gasteiger partial charge in [-0.3, -0.25) is 14.8 Å². The second kappa shape index (κ2) is 5.70. The third-order valence-electron chi connectivity index (χ3n) is 2.53. The summed E-state index contributed by atoms with van der Waals surface area (Å²) in [5.74, 6) is -0.211. The van der Waals surface area contributed by atoms with Crippen LogP contribution >= 0.6 is 0 Å². The fraction of sp³-hybridized carbons (Fsp3) is 0.182. The minimum Gasteiger partial charge on any atom is -0.363 e. The zero-order valence-electron chi connectivity index (χ0n) is 10.2. The molecule has 2 rings (SSSR count). The average Bonchev–Trinajstić information content (AvgIpc) is 2.89. The van der Waals surface area contributed by atoms with Gasteiger partial charge in [0.05, 0.1) is 10.7 Å². The van der Waals surface area contributed by atoms with Crippen LogP contribution in [0, 0.1) is 10.1 Å². The fourth-order valence-corrected chi connectivity index (χ4v) is 2.63. The predicted octanol–water partition coefficient (Wildman–Crippen LogP) is 1.57. The van der Waals surface area contributed by atoms with Crippen LogP contribution in [-0.2, 0) is 16.4 Å². The number of anilines is 1. The van der Waals surface area contributed by atoms with Gasteiger partial charge in [-0.2, -0.15) is 0 Å². The Morgan fingerprint density at radius 1 is 1.30 bits per heavy atom. The molecule has 0 aliphatic rings. The lowest BCUT2D eigenvalue weighted by Gasteiger charge is -2.05. The van der Waals surface area contributed by atoms with E-state index >= 15 is 0 Å². The zero-order chi connectivity index (χ0) is 14.6. The van der Waals surface area contributed by atoms with E-state index in [9.17, 15) is 18.5 Å². The fourth-order valence-electron chi connectivity index (χ4n) is 1.62. The lowest BCUT2D eigenvalue weighted by atomic mass is 10.1. The largest absolute Gasteiger partial charge is 0.363 e. The van der Waals surface area contributed by atoms with E-state index in [0.717, 1.165) is 0 Å². The molecule has 0 aliphatic heterocycles. The predicted molar refractivity (Wildman–Crippen MR) is 70.7 cm³/mol. The third-order valence-corrected chi connectivity index (χ3v) is 3.79. The summed E-state index contributed by atoms with van der Waals surface area (Å²) >= 11 is 0. The highest BCUT2D eigenvalue weighted by Crippen LogP contribution is 2.18. The molecular formula is C11H11N3O5S. The maximum Gasteiger partial charge on any atom is 0.272 e. The maximum absolute atomic E-state index is 11.8. The van der Waals surface area contributed by atoms with Crippen molar-refractivity contribution in [1.29, 1.82) is 0 Å². The lowest BCUT2D eigenvalue weighted by Crippen LogP contribution is -2.18. The van der Waals surface area contributed by atoms with E-state index in [4.69, 9.17) is 0 Å². The van der Waals surface area contributed by atoms with E-state index in [1.54, 1.807) is 6.07 Å². The number of nitro groups is 1. The van der Waals surface area contributed by atoms with Gasteiger partial charge in [-0.25, -0.2) is 8.42 Å². The molecule has 0 unspecified atom stereocenters. The molecular weight excluding hydrogens is 286 g/mol. The Morgan fingerprint density at radius 3 is 2.70 bits per heavy atom. The van der Waals surface area contributed by atoms with Gasteiger partial charge in [0, 0.05) is 17.7 Å². The number of nitrogens with one attached hydrogen (secondary N) is 1. The first-order chi connectivity index (χ1) is 9.48. The van der Waals surface area contributed by atoms with Crippen molar-refractivity contribution in [1.82, 2.24) is 5.16 Å².